The summed E-state index contributed by atoms with van der Waals surface area (Å²) in [5.41, 5.74) is 0. The van der Waals surface area contributed by atoms with Crippen molar-refractivity contribution >= 4 is 5.91 Å². The van der Waals surface area contributed by atoms with Crippen LogP contribution in [-0.2, 0) is 14.3 Å². The highest BCUT2D eigenvalue weighted by Crippen LogP contribution is 2.12. The number of hydrogen-bond donors (Lipinski definition) is 2. The van der Waals surface area contributed by atoms with Gasteiger partial charge in [-0.1, -0.05) is 0 Å². The number of amides is 1. The first-order valence-corrected chi connectivity index (χ1v) is 6.97. The average Bonchev–Trinajstić information content (AvgIpc) is 2.91. The molecule has 0 saturated carbocycles. The molecule has 5 heteroatoms. The molecule has 0 bridgehead atoms. The molecule has 0 spiro atoms. The number of nitrogens with one attached hydrogen (secondary N) is 2. The van der Waals surface area contributed by atoms with Crippen molar-refractivity contribution < 1.29 is 14.3 Å². The number of carbonyl (C=O) groups excluding carboxylic acids is 1. The van der Waals surface area contributed by atoms with E-state index in [4.69, 9.17) is 9.47 Å². The molecule has 2 unspecified atom stereocenters. The van der Waals surface area contributed by atoms with Crippen molar-refractivity contribution in [3.8, 4) is 0 Å². The smallest absolute Gasteiger partial charge is 0.246 e. The lowest BCUT2D eigenvalue weighted by molar-refractivity contribution is -0.126. The Morgan fingerprint density at radius 1 is 1.39 bits per heavy atom. The molecule has 5 nitrogen and oxygen atoms in total. The minimum Gasteiger partial charge on any atom is -0.381 e. The molecule has 2 aliphatic heterocycles. The maximum absolute atomic E-state index is 11.6. The van der Waals surface area contributed by atoms with E-state index in [0.717, 1.165) is 39.3 Å². The lowest BCUT2D eigenvalue weighted by Crippen LogP contribution is -2.39. The van der Waals surface area contributed by atoms with Crippen LogP contribution in [0, 0.1) is 11.8 Å². The monoisotopic (exact) mass is 256 g/mol. The van der Waals surface area contributed by atoms with Gasteiger partial charge in [0.25, 0.3) is 0 Å². The SMILES string of the molecule is O=C(COCC1CCOC1)NCC1CCCNC1. The van der Waals surface area contributed by atoms with Gasteiger partial charge in [0.05, 0.1) is 13.2 Å². The molecule has 0 aromatic heterocycles. The zero-order valence-electron chi connectivity index (χ0n) is 11.0. The van der Waals surface area contributed by atoms with Gasteiger partial charge in [0.15, 0.2) is 0 Å². The van der Waals surface area contributed by atoms with E-state index in [1.54, 1.807) is 0 Å². The summed E-state index contributed by atoms with van der Waals surface area (Å²) in [6, 6.07) is 0. The van der Waals surface area contributed by atoms with Gasteiger partial charge in [0.1, 0.15) is 6.61 Å². The van der Waals surface area contributed by atoms with E-state index in [1.165, 1.54) is 12.8 Å². The number of ether oxygens (including phenoxy) is 2. The predicted octanol–water partition coefficient (Wildman–Crippen LogP) is 0.155. The topological polar surface area (TPSA) is 59.6 Å². The second kappa shape index (κ2) is 7.71. The molecule has 18 heavy (non-hydrogen) atoms. The minimum atomic E-state index is -0.000473. The van der Waals surface area contributed by atoms with E-state index in [0.29, 0.717) is 18.4 Å². The fourth-order valence-corrected chi connectivity index (χ4v) is 2.44. The first kappa shape index (κ1) is 13.8. The van der Waals surface area contributed by atoms with E-state index in [-0.39, 0.29) is 12.5 Å². The minimum absolute atomic E-state index is 0.000473. The van der Waals surface area contributed by atoms with Gasteiger partial charge < -0.3 is 20.1 Å². The standard InChI is InChI=1S/C13H24N2O3/c16-13(10-18-9-12-3-5-17-8-12)15-7-11-2-1-4-14-6-11/h11-12,14H,1-10H2,(H,15,16). The van der Waals surface area contributed by atoms with Crippen LogP contribution in [0.4, 0.5) is 0 Å². The zero-order valence-corrected chi connectivity index (χ0v) is 11.0. The van der Waals surface area contributed by atoms with Crippen LogP contribution in [0.3, 0.4) is 0 Å². The third kappa shape index (κ3) is 4.92. The number of rotatable bonds is 6. The first-order valence-electron chi connectivity index (χ1n) is 6.97. The number of carbonyl (C=O) groups is 1. The summed E-state index contributed by atoms with van der Waals surface area (Å²) in [7, 11) is 0. The second-order valence-electron chi connectivity index (χ2n) is 5.26. The van der Waals surface area contributed by atoms with Crippen molar-refractivity contribution in [3.05, 3.63) is 0 Å². The van der Waals surface area contributed by atoms with Crippen molar-refractivity contribution in [1.29, 1.82) is 0 Å². The lowest BCUT2D eigenvalue weighted by atomic mass is 10.00. The van der Waals surface area contributed by atoms with Crippen molar-refractivity contribution in [2.75, 3.05) is 46.1 Å². The predicted molar refractivity (Wildman–Crippen MR) is 68.3 cm³/mol. The van der Waals surface area contributed by atoms with Crippen LogP contribution in [-0.4, -0.2) is 52.0 Å². The summed E-state index contributed by atoms with van der Waals surface area (Å²) in [5, 5.41) is 6.28. The summed E-state index contributed by atoms with van der Waals surface area (Å²) >= 11 is 0. The van der Waals surface area contributed by atoms with Crippen LogP contribution < -0.4 is 10.6 Å². The molecule has 2 rings (SSSR count). The van der Waals surface area contributed by atoms with E-state index < -0.39 is 0 Å². The molecule has 2 heterocycles. The molecule has 0 aromatic carbocycles. The largest absolute Gasteiger partial charge is 0.381 e. The quantitative estimate of drug-likeness (QED) is 0.710. The van der Waals surface area contributed by atoms with Crippen LogP contribution in [0.25, 0.3) is 0 Å². The van der Waals surface area contributed by atoms with E-state index >= 15 is 0 Å². The zero-order chi connectivity index (χ0) is 12.6. The molecular formula is C13H24N2O3. The molecule has 0 aliphatic carbocycles. The maximum Gasteiger partial charge on any atom is 0.246 e. The summed E-state index contributed by atoms with van der Waals surface area (Å²) < 4.78 is 10.7. The van der Waals surface area contributed by atoms with Gasteiger partial charge in [-0.2, -0.15) is 0 Å². The molecular weight excluding hydrogens is 232 g/mol. The molecule has 2 aliphatic rings. The molecule has 2 atom stereocenters. The highest BCUT2D eigenvalue weighted by atomic mass is 16.5. The molecule has 2 fully saturated rings. The fraction of sp³-hybridized carbons (Fsp3) is 0.923. The van der Waals surface area contributed by atoms with Crippen LogP contribution in [0.15, 0.2) is 0 Å². The van der Waals surface area contributed by atoms with E-state index in [2.05, 4.69) is 10.6 Å². The Hall–Kier alpha value is -0.650. The average molecular weight is 256 g/mol. The Balaban J connectivity index is 1.49. The van der Waals surface area contributed by atoms with Crippen molar-refractivity contribution in [1.82, 2.24) is 10.6 Å². The van der Waals surface area contributed by atoms with Gasteiger partial charge in [-0.05, 0) is 38.3 Å². The number of hydrogen-bond acceptors (Lipinski definition) is 4. The Labute approximate surface area is 109 Å². The van der Waals surface area contributed by atoms with Gasteiger partial charge in [-0.3, -0.25) is 4.79 Å². The highest BCUT2D eigenvalue weighted by molar-refractivity contribution is 5.77. The molecule has 1 amide bonds. The Morgan fingerprint density at radius 2 is 2.33 bits per heavy atom. The lowest BCUT2D eigenvalue weighted by Gasteiger charge is -2.22. The van der Waals surface area contributed by atoms with E-state index in [9.17, 15) is 4.79 Å². The molecule has 2 saturated heterocycles. The third-order valence-electron chi connectivity index (χ3n) is 3.60. The van der Waals surface area contributed by atoms with Crippen molar-refractivity contribution in [2.24, 2.45) is 11.8 Å². The normalized spacial score (nSPS) is 28.2. The van der Waals surface area contributed by atoms with Crippen LogP contribution in [0.2, 0.25) is 0 Å². The molecule has 0 aromatic rings. The summed E-state index contributed by atoms with van der Waals surface area (Å²) in [6.07, 6.45) is 3.46. The molecule has 0 radical (unpaired) electrons. The van der Waals surface area contributed by atoms with Crippen LogP contribution in [0.1, 0.15) is 19.3 Å². The van der Waals surface area contributed by atoms with E-state index in [1.807, 2.05) is 0 Å². The van der Waals surface area contributed by atoms with Gasteiger partial charge in [0.2, 0.25) is 5.91 Å². The summed E-state index contributed by atoms with van der Waals surface area (Å²) in [4.78, 5) is 11.6. The van der Waals surface area contributed by atoms with Gasteiger partial charge in [-0.25, -0.2) is 0 Å². The number of piperidine rings is 1. The van der Waals surface area contributed by atoms with Gasteiger partial charge in [0, 0.05) is 19.1 Å². The van der Waals surface area contributed by atoms with Crippen molar-refractivity contribution in [3.63, 3.8) is 0 Å². The third-order valence-corrected chi connectivity index (χ3v) is 3.60. The summed E-state index contributed by atoms with van der Waals surface area (Å²) in [5.74, 6) is 1.05. The second-order valence-corrected chi connectivity index (χ2v) is 5.26. The summed E-state index contributed by atoms with van der Waals surface area (Å²) in [6.45, 7) is 5.30. The first-order chi connectivity index (χ1) is 8.84. The fourth-order valence-electron chi connectivity index (χ4n) is 2.44. The van der Waals surface area contributed by atoms with Crippen LogP contribution in [0.5, 0.6) is 0 Å². The van der Waals surface area contributed by atoms with Crippen LogP contribution >= 0.6 is 0 Å². The Morgan fingerprint density at radius 3 is 3.06 bits per heavy atom. The molecule has 104 valence electrons. The van der Waals surface area contributed by atoms with Gasteiger partial charge >= 0.3 is 0 Å². The molecule has 2 N–H and O–H groups in total. The Kier molecular flexibility index (Phi) is 5.90. The van der Waals surface area contributed by atoms with Crippen molar-refractivity contribution in [2.45, 2.75) is 19.3 Å². The maximum atomic E-state index is 11.6. The highest BCUT2D eigenvalue weighted by Gasteiger charge is 2.17. The van der Waals surface area contributed by atoms with Gasteiger partial charge in [-0.15, -0.1) is 0 Å². The Bertz CT molecular complexity index is 249.